The molecule has 0 spiro atoms. The zero-order valence-electron chi connectivity index (χ0n) is 14.6. The molecule has 1 N–H and O–H groups in total. The van der Waals surface area contributed by atoms with E-state index in [0.29, 0.717) is 35.4 Å². The number of aryl methyl sites for hydroxylation is 1. The minimum Gasteiger partial charge on any atom is -0.430 e. The lowest BCUT2D eigenvalue weighted by Crippen LogP contribution is -2.11. The molecule has 2 aromatic carbocycles. The van der Waals surface area contributed by atoms with Gasteiger partial charge in [-0.1, -0.05) is 23.8 Å². The minimum absolute atomic E-state index is 0.197. The van der Waals surface area contributed by atoms with Crippen molar-refractivity contribution in [1.29, 1.82) is 0 Å². The molecule has 0 aliphatic heterocycles. The van der Waals surface area contributed by atoms with E-state index in [9.17, 15) is 4.79 Å². The van der Waals surface area contributed by atoms with E-state index in [-0.39, 0.29) is 5.91 Å². The Hall–Kier alpha value is -2.77. The predicted octanol–water partition coefficient (Wildman–Crippen LogP) is 4.08. The van der Waals surface area contributed by atoms with Crippen molar-refractivity contribution in [3.05, 3.63) is 65.5 Å². The number of rotatable bonds is 7. The van der Waals surface area contributed by atoms with Gasteiger partial charge in [0.05, 0.1) is 6.61 Å². The van der Waals surface area contributed by atoms with Crippen LogP contribution in [0.4, 0.5) is 5.69 Å². The van der Waals surface area contributed by atoms with Gasteiger partial charge in [0.25, 0.3) is 11.1 Å². The molecule has 1 heterocycles. The van der Waals surface area contributed by atoms with E-state index in [0.717, 1.165) is 11.3 Å². The van der Waals surface area contributed by atoms with Crippen LogP contribution in [0, 0.1) is 6.92 Å². The maximum absolute atomic E-state index is 12.4. The Kier molecular flexibility index (Phi) is 5.93. The van der Waals surface area contributed by atoms with Crippen LogP contribution < -0.4 is 10.1 Å². The lowest BCUT2D eigenvalue weighted by molar-refractivity contribution is 0.102. The quantitative estimate of drug-likeness (QED) is 0.679. The van der Waals surface area contributed by atoms with Gasteiger partial charge in [-0.3, -0.25) is 4.79 Å². The highest BCUT2D eigenvalue weighted by Crippen LogP contribution is 2.24. The zero-order valence-corrected chi connectivity index (χ0v) is 15.4. The molecule has 134 valence electrons. The monoisotopic (exact) mass is 369 g/mol. The first-order chi connectivity index (χ1) is 12.6. The van der Waals surface area contributed by atoms with Crippen molar-refractivity contribution in [2.45, 2.75) is 13.3 Å². The summed E-state index contributed by atoms with van der Waals surface area (Å²) in [6, 6.07) is 14.6. The van der Waals surface area contributed by atoms with Crippen LogP contribution in [0.3, 0.4) is 0 Å². The van der Waals surface area contributed by atoms with Crippen molar-refractivity contribution in [3.8, 4) is 10.9 Å². The molecule has 0 saturated heterocycles. The average Bonchev–Trinajstić information content (AvgIpc) is 3.09. The third kappa shape index (κ3) is 4.87. The van der Waals surface area contributed by atoms with Crippen LogP contribution in [0.25, 0.3) is 0 Å². The number of amides is 1. The standard InChI is InChI=1S/C19H19N3O3S/c1-13-6-8-15(9-7-13)20-18(23)14-4-3-5-16(12-14)25-19-21-17(22-26-19)10-11-24-2/h3-9,12H,10-11H2,1-2H3,(H,20,23). The van der Waals surface area contributed by atoms with Crippen molar-refractivity contribution < 1.29 is 14.3 Å². The molecule has 1 amide bonds. The Morgan fingerprint density at radius 2 is 2.00 bits per heavy atom. The third-order valence-electron chi connectivity index (χ3n) is 3.59. The number of aromatic nitrogens is 2. The van der Waals surface area contributed by atoms with Crippen molar-refractivity contribution in [2.75, 3.05) is 19.0 Å². The molecule has 1 aromatic heterocycles. The lowest BCUT2D eigenvalue weighted by Gasteiger charge is -2.07. The van der Waals surface area contributed by atoms with E-state index in [1.165, 1.54) is 11.5 Å². The fourth-order valence-corrected chi connectivity index (χ4v) is 2.81. The van der Waals surface area contributed by atoms with Crippen LogP contribution >= 0.6 is 11.5 Å². The van der Waals surface area contributed by atoms with Crippen molar-refractivity contribution in [3.63, 3.8) is 0 Å². The fourth-order valence-electron chi connectivity index (χ4n) is 2.22. The largest absolute Gasteiger partial charge is 0.430 e. The third-order valence-corrected chi connectivity index (χ3v) is 4.22. The van der Waals surface area contributed by atoms with Crippen LogP contribution in [0.1, 0.15) is 21.7 Å². The highest BCUT2D eigenvalue weighted by molar-refractivity contribution is 7.07. The second kappa shape index (κ2) is 8.55. The highest BCUT2D eigenvalue weighted by atomic mass is 32.1. The van der Waals surface area contributed by atoms with E-state index < -0.39 is 0 Å². The number of carbonyl (C=O) groups is 1. The van der Waals surface area contributed by atoms with E-state index in [4.69, 9.17) is 9.47 Å². The Bertz CT molecular complexity index is 878. The van der Waals surface area contributed by atoms with Gasteiger partial charge in [0.2, 0.25) is 0 Å². The molecule has 0 radical (unpaired) electrons. The van der Waals surface area contributed by atoms with E-state index in [2.05, 4.69) is 14.7 Å². The van der Waals surface area contributed by atoms with Crippen LogP contribution in [-0.4, -0.2) is 29.0 Å². The van der Waals surface area contributed by atoms with Gasteiger partial charge in [-0.2, -0.15) is 9.36 Å². The number of ether oxygens (including phenoxy) is 2. The van der Waals surface area contributed by atoms with Gasteiger partial charge in [-0.15, -0.1) is 0 Å². The second-order valence-corrected chi connectivity index (χ2v) is 6.38. The summed E-state index contributed by atoms with van der Waals surface area (Å²) < 4.78 is 14.9. The summed E-state index contributed by atoms with van der Waals surface area (Å²) in [5.41, 5.74) is 2.39. The Morgan fingerprint density at radius 3 is 2.77 bits per heavy atom. The zero-order chi connectivity index (χ0) is 18.4. The first-order valence-corrected chi connectivity index (χ1v) is 8.89. The Morgan fingerprint density at radius 1 is 1.19 bits per heavy atom. The minimum atomic E-state index is -0.197. The molecule has 0 bridgehead atoms. The molecule has 0 atom stereocenters. The number of hydrogen-bond donors (Lipinski definition) is 1. The highest BCUT2D eigenvalue weighted by Gasteiger charge is 2.10. The summed E-state index contributed by atoms with van der Waals surface area (Å²) in [6.07, 6.45) is 0.634. The number of anilines is 1. The molecule has 0 aliphatic rings. The molecule has 6 nitrogen and oxygen atoms in total. The molecule has 7 heteroatoms. The van der Waals surface area contributed by atoms with E-state index in [1.54, 1.807) is 31.4 Å². The Balaban J connectivity index is 1.66. The van der Waals surface area contributed by atoms with Crippen molar-refractivity contribution >= 4 is 23.1 Å². The molecule has 0 saturated carbocycles. The van der Waals surface area contributed by atoms with Gasteiger partial charge in [0, 0.05) is 36.3 Å². The van der Waals surface area contributed by atoms with Crippen LogP contribution in [0.15, 0.2) is 48.5 Å². The lowest BCUT2D eigenvalue weighted by atomic mass is 10.2. The van der Waals surface area contributed by atoms with Gasteiger partial charge < -0.3 is 14.8 Å². The Labute approximate surface area is 156 Å². The number of nitrogens with one attached hydrogen (secondary N) is 1. The van der Waals surface area contributed by atoms with E-state index >= 15 is 0 Å². The molecule has 26 heavy (non-hydrogen) atoms. The molecule has 3 rings (SSSR count). The second-order valence-electron chi connectivity index (χ2n) is 5.67. The van der Waals surface area contributed by atoms with Gasteiger partial charge >= 0.3 is 0 Å². The normalized spacial score (nSPS) is 10.5. The number of benzene rings is 2. The van der Waals surface area contributed by atoms with Crippen molar-refractivity contribution in [1.82, 2.24) is 9.36 Å². The number of nitrogens with zero attached hydrogens (tertiary/aromatic N) is 2. The molecular weight excluding hydrogens is 350 g/mol. The van der Waals surface area contributed by atoms with Gasteiger partial charge in [0.15, 0.2) is 0 Å². The summed E-state index contributed by atoms with van der Waals surface area (Å²) >= 11 is 1.17. The van der Waals surface area contributed by atoms with Gasteiger partial charge in [0.1, 0.15) is 11.6 Å². The van der Waals surface area contributed by atoms with Crippen LogP contribution in [0.2, 0.25) is 0 Å². The topological polar surface area (TPSA) is 73.3 Å². The molecule has 3 aromatic rings. The maximum Gasteiger partial charge on any atom is 0.298 e. The summed E-state index contributed by atoms with van der Waals surface area (Å²) in [7, 11) is 1.64. The molecular formula is C19H19N3O3S. The molecule has 0 unspecified atom stereocenters. The fraction of sp³-hybridized carbons (Fsp3) is 0.211. The number of methoxy groups -OCH3 is 1. The maximum atomic E-state index is 12.4. The SMILES string of the molecule is COCCc1nsc(Oc2cccc(C(=O)Nc3ccc(C)cc3)c2)n1. The smallest absolute Gasteiger partial charge is 0.298 e. The first-order valence-electron chi connectivity index (χ1n) is 8.11. The summed E-state index contributed by atoms with van der Waals surface area (Å²) in [6.45, 7) is 2.56. The first kappa shape index (κ1) is 18.0. The van der Waals surface area contributed by atoms with Crippen molar-refractivity contribution in [2.24, 2.45) is 0 Å². The molecule has 0 aliphatic carbocycles. The number of hydrogen-bond acceptors (Lipinski definition) is 6. The summed E-state index contributed by atoms with van der Waals surface area (Å²) in [4.78, 5) is 16.7. The van der Waals surface area contributed by atoms with Crippen LogP contribution in [-0.2, 0) is 11.2 Å². The van der Waals surface area contributed by atoms with E-state index in [1.807, 2.05) is 31.2 Å². The predicted molar refractivity (Wildman–Crippen MR) is 101 cm³/mol. The van der Waals surface area contributed by atoms with Crippen LogP contribution in [0.5, 0.6) is 10.9 Å². The summed E-state index contributed by atoms with van der Waals surface area (Å²) in [5.74, 6) is 1.02. The number of carbonyl (C=O) groups excluding carboxylic acids is 1. The molecule has 0 fully saturated rings. The van der Waals surface area contributed by atoms with Gasteiger partial charge in [-0.25, -0.2) is 0 Å². The van der Waals surface area contributed by atoms with Gasteiger partial charge in [-0.05, 0) is 37.3 Å². The summed E-state index contributed by atoms with van der Waals surface area (Å²) in [5, 5.41) is 3.31. The average molecular weight is 369 g/mol.